The number of nitrogens with zero attached hydrogens (tertiary/aromatic N) is 1. The summed E-state index contributed by atoms with van der Waals surface area (Å²) in [6.45, 7) is 3.71. The number of aromatic hydroxyl groups is 1. The van der Waals surface area contributed by atoms with Gasteiger partial charge in [-0.2, -0.15) is 0 Å². The number of fused-ring (bicyclic) bond motifs is 1. The smallest absolute Gasteiger partial charge is 0.378 e. The zero-order valence-corrected chi connectivity index (χ0v) is 8.98. The lowest BCUT2D eigenvalue weighted by Gasteiger charge is -1.97. The molecule has 0 aliphatic heterocycles. The summed E-state index contributed by atoms with van der Waals surface area (Å²) in [6, 6.07) is 1.73. The maximum absolute atomic E-state index is 11.4. The number of carbonyl (C=O) groups is 1. The summed E-state index contributed by atoms with van der Waals surface area (Å²) in [4.78, 5) is 15.4. The van der Waals surface area contributed by atoms with Crippen LogP contribution in [0.2, 0.25) is 0 Å². The number of esters is 1. The van der Waals surface area contributed by atoms with Gasteiger partial charge in [0, 0.05) is 6.20 Å². The average Bonchev–Trinajstić information content (AvgIpc) is 2.58. The van der Waals surface area contributed by atoms with Crippen molar-refractivity contribution < 1.29 is 19.1 Å². The van der Waals surface area contributed by atoms with Crippen LogP contribution in [-0.2, 0) is 4.74 Å². The molecule has 5 nitrogen and oxygen atoms in total. The van der Waals surface area contributed by atoms with Gasteiger partial charge in [0.15, 0.2) is 5.75 Å². The van der Waals surface area contributed by atoms with Crippen LogP contribution in [0.1, 0.15) is 23.0 Å². The Labute approximate surface area is 91.7 Å². The highest BCUT2D eigenvalue weighted by atomic mass is 16.5. The zero-order chi connectivity index (χ0) is 11.7. The van der Waals surface area contributed by atoms with E-state index in [-0.39, 0.29) is 23.8 Å². The fourth-order valence-electron chi connectivity index (χ4n) is 1.49. The van der Waals surface area contributed by atoms with Crippen molar-refractivity contribution in [3.8, 4) is 5.75 Å². The molecule has 0 radical (unpaired) electrons. The third-order valence-corrected chi connectivity index (χ3v) is 2.24. The predicted molar refractivity (Wildman–Crippen MR) is 56.4 cm³/mol. The van der Waals surface area contributed by atoms with Gasteiger partial charge in [-0.1, -0.05) is 0 Å². The van der Waals surface area contributed by atoms with E-state index >= 15 is 0 Å². The van der Waals surface area contributed by atoms with Crippen LogP contribution in [-0.4, -0.2) is 22.7 Å². The quantitative estimate of drug-likeness (QED) is 0.785. The molecule has 2 rings (SSSR count). The number of carbonyl (C=O) groups excluding carboxylic acids is 1. The lowest BCUT2D eigenvalue weighted by molar-refractivity contribution is 0.0488. The largest absolute Gasteiger partial charge is 0.503 e. The first-order valence-electron chi connectivity index (χ1n) is 4.89. The number of hydrogen-bond donors (Lipinski definition) is 1. The molecule has 0 saturated carbocycles. The summed E-state index contributed by atoms with van der Waals surface area (Å²) in [5.74, 6) is -1.09. The maximum Gasteiger partial charge on any atom is 0.378 e. The van der Waals surface area contributed by atoms with Crippen molar-refractivity contribution in [2.75, 3.05) is 6.61 Å². The summed E-state index contributed by atoms with van der Waals surface area (Å²) in [5, 5.41) is 10.3. The fourth-order valence-corrected chi connectivity index (χ4v) is 1.49. The molecule has 2 aromatic heterocycles. The molecule has 0 spiro atoms. The molecular weight excluding hydrogens is 210 g/mol. The Morgan fingerprint density at radius 1 is 1.62 bits per heavy atom. The third-order valence-electron chi connectivity index (χ3n) is 2.24. The van der Waals surface area contributed by atoms with Gasteiger partial charge in [0.2, 0.25) is 5.71 Å². The molecule has 0 unspecified atom stereocenters. The lowest BCUT2D eigenvalue weighted by Crippen LogP contribution is -2.03. The predicted octanol–water partition coefficient (Wildman–Crippen LogP) is 2.02. The Morgan fingerprint density at radius 2 is 2.38 bits per heavy atom. The molecule has 84 valence electrons. The van der Waals surface area contributed by atoms with E-state index in [1.54, 1.807) is 26.1 Å². The highest BCUT2D eigenvalue weighted by molar-refractivity contribution is 5.98. The van der Waals surface area contributed by atoms with Crippen LogP contribution >= 0.6 is 0 Å². The number of aromatic nitrogens is 1. The Hall–Kier alpha value is -2.04. The number of ether oxygens (including phenoxy) is 1. The van der Waals surface area contributed by atoms with Crippen LogP contribution in [0.15, 0.2) is 16.7 Å². The van der Waals surface area contributed by atoms with Crippen molar-refractivity contribution in [3.63, 3.8) is 0 Å². The van der Waals surface area contributed by atoms with Gasteiger partial charge >= 0.3 is 5.97 Å². The van der Waals surface area contributed by atoms with Gasteiger partial charge in [0.25, 0.3) is 5.76 Å². The number of aryl methyl sites for hydroxylation is 1. The van der Waals surface area contributed by atoms with E-state index in [0.717, 1.165) is 5.56 Å². The fraction of sp³-hybridized carbons (Fsp3) is 0.273. The van der Waals surface area contributed by atoms with E-state index in [2.05, 4.69) is 4.98 Å². The molecule has 0 saturated heterocycles. The van der Waals surface area contributed by atoms with E-state index in [1.165, 1.54) is 0 Å². The number of hydrogen-bond acceptors (Lipinski definition) is 5. The highest BCUT2D eigenvalue weighted by Crippen LogP contribution is 2.33. The summed E-state index contributed by atoms with van der Waals surface area (Å²) < 4.78 is 9.92. The molecule has 1 N–H and O–H groups in total. The van der Waals surface area contributed by atoms with Gasteiger partial charge < -0.3 is 14.3 Å². The minimum Gasteiger partial charge on any atom is -0.503 e. The van der Waals surface area contributed by atoms with Crippen LogP contribution < -0.4 is 0 Å². The Balaban J connectivity index is 2.61. The molecule has 0 aliphatic rings. The molecule has 0 bridgehead atoms. The second-order valence-corrected chi connectivity index (χ2v) is 3.31. The lowest BCUT2D eigenvalue weighted by atomic mass is 10.2. The van der Waals surface area contributed by atoms with Crippen molar-refractivity contribution in [1.82, 2.24) is 4.98 Å². The molecule has 2 aromatic rings. The van der Waals surface area contributed by atoms with E-state index in [1.807, 2.05) is 0 Å². The molecule has 2 heterocycles. The molecule has 0 atom stereocenters. The van der Waals surface area contributed by atoms with Gasteiger partial charge in [0.1, 0.15) is 0 Å². The number of rotatable bonds is 2. The average molecular weight is 221 g/mol. The first kappa shape index (κ1) is 10.5. The molecule has 0 aliphatic carbocycles. The second kappa shape index (κ2) is 3.84. The van der Waals surface area contributed by atoms with Gasteiger partial charge in [0.05, 0.1) is 12.0 Å². The molecule has 0 fully saturated rings. The Morgan fingerprint density at radius 3 is 3.00 bits per heavy atom. The summed E-state index contributed by atoms with van der Waals surface area (Å²) >= 11 is 0. The van der Waals surface area contributed by atoms with Crippen LogP contribution in [0.25, 0.3) is 11.1 Å². The topological polar surface area (TPSA) is 72.6 Å². The summed E-state index contributed by atoms with van der Waals surface area (Å²) in [6.07, 6.45) is 1.55. The first-order valence-corrected chi connectivity index (χ1v) is 4.89. The van der Waals surface area contributed by atoms with Crippen molar-refractivity contribution >= 4 is 17.1 Å². The van der Waals surface area contributed by atoms with E-state index in [0.29, 0.717) is 5.39 Å². The molecule has 5 heteroatoms. The van der Waals surface area contributed by atoms with Gasteiger partial charge in [-0.3, -0.25) is 0 Å². The van der Waals surface area contributed by atoms with Crippen LogP contribution in [0.4, 0.5) is 0 Å². The zero-order valence-electron chi connectivity index (χ0n) is 8.98. The van der Waals surface area contributed by atoms with Gasteiger partial charge in [-0.15, -0.1) is 0 Å². The van der Waals surface area contributed by atoms with E-state index in [9.17, 15) is 9.90 Å². The molecule has 0 aromatic carbocycles. The number of pyridine rings is 1. The summed E-state index contributed by atoms with van der Waals surface area (Å²) in [5.41, 5.74) is 1.03. The molecular formula is C11H11NO4. The van der Waals surface area contributed by atoms with Crippen LogP contribution in [0.3, 0.4) is 0 Å². The van der Waals surface area contributed by atoms with Crippen molar-refractivity contribution in [1.29, 1.82) is 0 Å². The summed E-state index contributed by atoms with van der Waals surface area (Å²) in [7, 11) is 0. The van der Waals surface area contributed by atoms with E-state index in [4.69, 9.17) is 9.15 Å². The minimum atomic E-state index is -0.683. The molecule has 0 amide bonds. The Kier molecular flexibility index (Phi) is 2.52. The highest BCUT2D eigenvalue weighted by Gasteiger charge is 2.22. The van der Waals surface area contributed by atoms with Crippen molar-refractivity contribution in [2.24, 2.45) is 0 Å². The van der Waals surface area contributed by atoms with E-state index < -0.39 is 5.97 Å². The van der Waals surface area contributed by atoms with Crippen molar-refractivity contribution in [2.45, 2.75) is 13.8 Å². The third kappa shape index (κ3) is 1.50. The van der Waals surface area contributed by atoms with Gasteiger partial charge in [-0.25, -0.2) is 9.78 Å². The molecule has 16 heavy (non-hydrogen) atoms. The van der Waals surface area contributed by atoms with Gasteiger partial charge in [-0.05, 0) is 25.5 Å². The Bertz CT molecular complexity index is 544. The second-order valence-electron chi connectivity index (χ2n) is 3.31. The first-order chi connectivity index (χ1) is 7.65. The van der Waals surface area contributed by atoms with Crippen molar-refractivity contribution in [3.05, 3.63) is 23.6 Å². The normalized spacial score (nSPS) is 10.6. The van der Waals surface area contributed by atoms with Crippen LogP contribution in [0, 0.1) is 6.92 Å². The van der Waals surface area contributed by atoms with Crippen LogP contribution in [0.5, 0.6) is 5.75 Å². The maximum atomic E-state index is 11.4. The SMILES string of the molecule is CCOC(=O)c1oc2nccc(C)c2c1O. The number of furan rings is 1. The minimum absolute atomic E-state index is 0.196. The monoisotopic (exact) mass is 221 g/mol. The standard InChI is InChI=1S/C11H11NO4/c1-3-15-11(14)9-8(13)7-6(2)4-5-12-10(7)16-9/h4-5,13H,3H2,1-2H3.